The third-order valence-electron chi connectivity index (χ3n) is 4.36. The first-order valence-corrected chi connectivity index (χ1v) is 8.50. The van der Waals surface area contributed by atoms with Gasteiger partial charge in [0.25, 0.3) is 11.7 Å². The number of rotatable bonds is 4. The standard InChI is InChI=1S/C20H16ClNO5/c1-11-2-4-12(5-3-11)17-16(18(25)13-6-8-14(21)9-7-13)19(26)20(27)22(17)10-15(23)24/h2-9,17,25H,10H2,1H3,(H,23,24)/t17-/m1/s1. The molecule has 1 saturated heterocycles. The van der Waals surface area contributed by atoms with Crippen LogP contribution in [0.2, 0.25) is 5.02 Å². The van der Waals surface area contributed by atoms with E-state index >= 15 is 0 Å². The minimum Gasteiger partial charge on any atom is -0.507 e. The van der Waals surface area contributed by atoms with Gasteiger partial charge in [0.2, 0.25) is 0 Å². The number of ketones is 1. The van der Waals surface area contributed by atoms with E-state index in [4.69, 9.17) is 16.7 Å². The fourth-order valence-electron chi connectivity index (χ4n) is 3.05. The number of carbonyl (C=O) groups excluding carboxylic acids is 2. The number of hydrogen-bond acceptors (Lipinski definition) is 4. The Balaban J connectivity index is 2.19. The Morgan fingerprint density at radius 3 is 2.19 bits per heavy atom. The second-order valence-electron chi connectivity index (χ2n) is 6.24. The Kier molecular flexibility index (Phi) is 5.01. The quantitative estimate of drug-likeness (QED) is 0.479. The number of hydrogen-bond donors (Lipinski definition) is 2. The Bertz CT molecular complexity index is 947. The zero-order valence-electron chi connectivity index (χ0n) is 14.3. The van der Waals surface area contributed by atoms with Crippen LogP contribution in [-0.2, 0) is 14.4 Å². The van der Waals surface area contributed by atoms with Gasteiger partial charge in [0, 0.05) is 10.6 Å². The fourth-order valence-corrected chi connectivity index (χ4v) is 3.17. The van der Waals surface area contributed by atoms with E-state index in [0.717, 1.165) is 10.5 Å². The van der Waals surface area contributed by atoms with Crippen molar-refractivity contribution in [1.82, 2.24) is 4.90 Å². The molecule has 1 aliphatic heterocycles. The molecule has 0 bridgehead atoms. The van der Waals surface area contributed by atoms with Crippen molar-refractivity contribution < 1.29 is 24.6 Å². The number of benzene rings is 2. The second kappa shape index (κ2) is 7.25. The first kappa shape index (κ1) is 18.7. The van der Waals surface area contributed by atoms with Crippen LogP contribution in [0.5, 0.6) is 0 Å². The molecular weight excluding hydrogens is 370 g/mol. The number of aliphatic hydroxyl groups excluding tert-OH is 1. The third kappa shape index (κ3) is 3.57. The average Bonchev–Trinajstić information content (AvgIpc) is 2.87. The monoisotopic (exact) mass is 385 g/mol. The highest BCUT2D eigenvalue weighted by Gasteiger charge is 2.46. The summed E-state index contributed by atoms with van der Waals surface area (Å²) in [6, 6.07) is 12.1. The Morgan fingerprint density at radius 1 is 1.04 bits per heavy atom. The summed E-state index contributed by atoms with van der Waals surface area (Å²) in [5.41, 5.74) is 1.67. The topological polar surface area (TPSA) is 94.9 Å². The lowest BCUT2D eigenvalue weighted by atomic mass is 9.95. The number of nitrogens with zero attached hydrogens (tertiary/aromatic N) is 1. The molecule has 7 heteroatoms. The Labute approximate surface area is 160 Å². The van der Waals surface area contributed by atoms with E-state index in [1.807, 2.05) is 6.92 Å². The highest BCUT2D eigenvalue weighted by molar-refractivity contribution is 6.46. The van der Waals surface area contributed by atoms with Gasteiger partial charge in [-0.2, -0.15) is 0 Å². The molecule has 2 aromatic rings. The molecule has 0 aliphatic carbocycles. The number of aliphatic hydroxyl groups is 1. The van der Waals surface area contributed by atoms with Gasteiger partial charge in [0.05, 0.1) is 11.6 Å². The summed E-state index contributed by atoms with van der Waals surface area (Å²) in [6.07, 6.45) is 0. The smallest absolute Gasteiger partial charge is 0.323 e. The molecule has 6 nitrogen and oxygen atoms in total. The first-order valence-electron chi connectivity index (χ1n) is 8.12. The van der Waals surface area contributed by atoms with E-state index in [0.29, 0.717) is 16.1 Å². The van der Waals surface area contributed by atoms with Gasteiger partial charge in [-0.25, -0.2) is 0 Å². The van der Waals surface area contributed by atoms with E-state index in [9.17, 15) is 19.5 Å². The van der Waals surface area contributed by atoms with E-state index in [1.54, 1.807) is 36.4 Å². The lowest BCUT2D eigenvalue weighted by Gasteiger charge is -2.23. The van der Waals surface area contributed by atoms with Gasteiger partial charge in [-0.1, -0.05) is 41.4 Å². The van der Waals surface area contributed by atoms with Crippen molar-refractivity contribution in [3.63, 3.8) is 0 Å². The lowest BCUT2D eigenvalue weighted by molar-refractivity contribution is -0.146. The van der Waals surface area contributed by atoms with Gasteiger partial charge in [-0.05, 0) is 36.8 Å². The summed E-state index contributed by atoms with van der Waals surface area (Å²) in [5.74, 6) is -3.50. The van der Waals surface area contributed by atoms with Crippen LogP contribution in [0.4, 0.5) is 0 Å². The normalized spacial score (nSPS) is 18.7. The van der Waals surface area contributed by atoms with Crippen molar-refractivity contribution >= 4 is 35.0 Å². The van der Waals surface area contributed by atoms with Gasteiger partial charge in [0.1, 0.15) is 12.3 Å². The maximum absolute atomic E-state index is 12.6. The van der Waals surface area contributed by atoms with Gasteiger partial charge < -0.3 is 15.1 Å². The molecule has 2 N–H and O–H groups in total. The Hall–Kier alpha value is -3.12. The molecule has 0 aromatic heterocycles. The summed E-state index contributed by atoms with van der Waals surface area (Å²) in [4.78, 5) is 37.2. The molecule has 1 fully saturated rings. The maximum atomic E-state index is 12.6. The van der Waals surface area contributed by atoms with Crippen molar-refractivity contribution in [1.29, 1.82) is 0 Å². The van der Waals surface area contributed by atoms with Crippen LogP contribution in [0.1, 0.15) is 22.7 Å². The van der Waals surface area contributed by atoms with Crippen molar-refractivity contribution in [3.05, 3.63) is 75.8 Å². The molecule has 138 valence electrons. The van der Waals surface area contributed by atoms with Gasteiger partial charge in [-0.15, -0.1) is 0 Å². The summed E-state index contributed by atoms with van der Waals surface area (Å²) >= 11 is 5.86. The summed E-state index contributed by atoms with van der Waals surface area (Å²) < 4.78 is 0. The molecule has 0 spiro atoms. The van der Waals surface area contributed by atoms with Crippen molar-refractivity contribution in [2.75, 3.05) is 6.54 Å². The fraction of sp³-hybridized carbons (Fsp3) is 0.150. The predicted octanol–water partition coefficient (Wildman–Crippen LogP) is 3.15. The largest absolute Gasteiger partial charge is 0.507 e. The molecule has 2 aromatic carbocycles. The SMILES string of the molecule is Cc1ccc([C@@H]2C(=C(O)c3ccc(Cl)cc3)C(=O)C(=O)N2CC(=O)O)cc1. The lowest BCUT2D eigenvalue weighted by Crippen LogP contribution is -2.34. The minimum atomic E-state index is -1.25. The number of aryl methyl sites for hydroxylation is 1. The van der Waals surface area contributed by atoms with E-state index < -0.39 is 30.2 Å². The number of Topliss-reactive ketones (excluding diaryl/α,β-unsaturated/α-hetero) is 1. The highest BCUT2D eigenvalue weighted by atomic mass is 35.5. The van der Waals surface area contributed by atoms with E-state index in [2.05, 4.69) is 0 Å². The van der Waals surface area contributed by atoms with Gasteiger partial charge >= 0.3 is 5.97 Å². The van der Waals surface area contributed by atoms with Crippen molar-refractivity contribution in [2.45, 2.75) is 13.0 Å². The molecular formula is C20H16ClNO5. The van der Waals surface area contributed by atoms with Crippen molar-refractivity contribution in [3.8, 4) is 0 Å². The van der Waals surface area contributed by atoms with Crippen LogP contribution in [0.15, 0.2) is 54.1 Å². The molecule has 27 heavy (non-hydrogen) atoms. The minimum absolute atomic E-state index is 0.146. The van der Waals surface area contributed by atoms with Crippen LogP contribution in [0, 0.1) is 6.92 Å². The van der Waals surface area contributed by atoms with Crippen LogP contribution in [0.3, 0.4) is 0 Å². The van der Waals surface area contributed by atoms with Gasteiger partial charge in [0.15, 0.2) is 0 Å². The van der Waals surface area contributed by atoms with E-state index in [-0.39, 0.29) is 11.3 Å². The molecule has 1 atom stereocenters. The van der Waals surface area contributed by atoms with Crippen LogP contribution >= 0.6 is 11.6 Å². The number of carboxylic acids is 1. The summed E-state index contributed by atoms with van der Waals surface area (Å²) in [7, 11) is 0. The third-order valence-corrected chi connectivity index (χ3v) is 4.61. The molecule has 0 unspecified atom stereocenters. The maximum Gasteiger partial charge on any atom is 0.323 e. The van der Waals surface area contributed by atoms with Gasteiger partial charge in [-0.3, -0.25) is 14.4 Å². The number of halogens is 1. The summed E-state index contributed by atoms with van der Waals surface area (Å²) in [5, 5.41) is 20.3. The summed E-state index contributed by atoms with van der Waals surface area (Å²) in [6.45, 7) is 1.23. The zero-order chi connectivity index (χ0) is 19.7. The zero-order valence-corrected chi connectivity index (χ0v) is 15.1. The van der Waals surface area contributed by atoms with Crippen molar-refractivity contribution in [2.24, 2.45) is 0 Å². The molecule has 1 aliphatic rings. The second-order valence-corrected chi connectivity index (χ2v) is 6.67. The number of amides is 1. The molecule has 0 radical (unpaired) electrons. The Morgan fingerprint density at radius 2 is 1.63 bits per heavy atom. The number of carbonyl (C=O) groups is 3. The highest BCUT2D eigenvalue weighted by Crippen LogP contribution is 2.39. The average molecular weight is 386 g/mol. The predicted molar refractivity (Wildman–Crippen MR) is 99.3 cm³/mol. The molecule has 3 rings (SSSR count). The van der Waals surface area contributed by atoms with Crippen LogP contribution in [0.25, 0.3) is 5.76 Å². The number of carboxylic acid groups (broad SMARTS) is 1. The first-order chi connectivity index (χ1) is 12.8. The molecule has 0 saturated carbocycles. The molecule has 1 heterocycles. The number of likely N-dealkylation sites (tertiary alicyclic amines) is 1. The van der Waals surface area contributed by atoms with Crippen LogP contribution < -0.4 is 0 Å². The molecule has 1 amide bonds. The van der Waals surface area contributed by atoms with E-state index in [1.165, 1.54) is 12.1 Å². The number of aliphatic carboxylic acids is 1. The van der Waals surface area contributed by atoms with Crippen LogP contribution in [-0.4, -0.2) is 39.3 Å².